The van der Waals surface area contributed by atoms with Gasteiger partial charge in [0.1, 0.15) is 0 Å². The summed E-state index contributed by atoms with van der Waals surface area (Å²) >= 11 is 0. The number of benzene rings is 1. The Labute approximate surface area is 109 Å². The summed E-state index contributed by atoms with van der Waals surface area (Å²) in [6.45, 7) is 1.85. The third-order valence-corrected chi connectivity index (χ3v) is 3.21. The first-order chi connectivity index (χ1) is 9.06. The molecule has 0 spiro atoms. The second kappa shape index (κ2) is 6.06. The van der Waals surface area contributed by atoms with Gasteiger partial charge in [-0.3, -0.25) is 4.79 Å². The maximum absolute atomic E-state index is 12.9. The van der Waals surface area contributed by atoms with Gasteiger partial charge in [0.2, 0.25) is 5.91 Å². The van der Waals surface area contributed by atoms with Gasteiger partial charge in [-0.25, -0.2) is 13.2 Å². The molecule has 0 saturated carbocycles. The summed E-state index contributed by atoms with van der Waals surface area (Å²) in [5, 5.41) is 5.56. The number of rotatable bonds is 4. The third-order valence-electron chi connectivity index (χ3n) is 3.21. The fraction of sp³-hybridized carbons (Fsp3) is 0.462. The number of anilines is 1. The van der Waals surface area contributed by atoms with Crippen molar-refractivity contribution in [1.29, 1.82) is 0 Å². The van der Waals surface area contributed by atoms with Crippen LogP contribution in [0.5, 0.6) is 0 Å². The van der Waals surface area contributed by atoms with E-state index in [9.17, 15) is 18.0 Å². The van der Waals surface area contributed by atoms with E-state index in [0.717, 1.165) is 38.1 Å². The molecule has 1 amide bonds. The highest BCUT2D eigenvalue weighted by Gasteiger charge is 2.16. The fourth-order valence-electron chi connectivity index (χ4n) is 2.15. The van der Waals surface area contributed by atoms with Gasteiger partial charge in [-0.1, -0.05) is 0 Å². The zero-order valence-electron chi connectivity index (χ0n) is 10.3. The van der Waals surface area contributed by atoms with Gasteiger partial charge in [0.15, 0.2) is 17.5 Å². The Morgan fingerprint density at radius 2 is 2.00 bits per heavy atom. The molecule has 19 heavy (non-hydrogen) atoms. The molecule has 1 aliphatic rings. The molecular formula is C13H15F3N2O. The van der Waals surface area contributed by atoms with Crippen LogP contribution in [0.3, 0.4) is 0 Å². The number of carbonyl (C=O) groups excluding carboxylic acids is 1. The van der Waals surface area contributed by atoms with Crippen LogP contribution in [0.4, 0.5) is 18.9 Å². The Morgan fingerprint density at radius 1 is 1.32 bits per heavy atom. The van der Waals surface area contributed by atoms with Crippen LogP contribution in [0.15, 0.2) is 12.1 Å². The number of amides is 1. The van der Waals surface area contributed by atoms with E-state index in [1.165, 1.54) is 0 Å². The van der Waals surface area contributed by atoms with Crippen molar-refractivity contribution in [2.75, 3.05) is 18.4 Å². The molecule has 2 N–H and O–H groups in total. The topological polar surface area (TPSA) is 41.1 Å². The number of nitrogens with one attached hydrogen (secondary N) is 2. The maximum Gasteiger partial charge on any atom is 0.224 e. The van der Waals surface area contributed by atoms with Crippen molar-refractivity contribution in [3.63, 3.8) is 0 Å². The summed E-state index contributed by atoms with van der Waals surface area (Å²) in [6.07, 6.45) is 2.05. The van der Waals surface area contributed by atoms with Crippen LogP contribution >= 0.6 is 0 Å². The summed E-state index contributed by atoms with van der Waals surface area (Å²) in [5.41, 5.74) is -0.0639. The Morgan fingerprint density at radius 3 is 2.58 bits per heavy atom. The van der Waals surface area contributed by atoms with Crippen molar-refractivity contribution in [3.8, 4) is 0 Å². The normalized spacial score (nSPS) is 18.6. The molecule has 0 bridgehead atoms. The number of carbonyl (C=O) groups is 1. The van der Waals surface area contributed by atoms with E-state index < -0.39 is 17.5 Å². The SMILES string of the molecule is O=C(CCC1CCNC1)Nc1cc(F)c(F)c(F)c1. The average molecular weight is 272 g/mol. The van der Waals surface area contributed by atoms with Crippen molar-refractivity contribution in [3.05, 3.63) is 29.6 Å². The van der Waals surface area contributed by atoms with E-state index in [2.05, 4.69) is 10.6 Å². The largest absolute Gasteiger partial charge is 0.326 e. The minimum absolute atomic E-state index is 0.0639. The molecule has 104 valence electrons. The molecule has 0 aliphatic carbocycles. The van der Waals surface area contributed by atoms with Crippen LogP contribution in [0.1, 0.15) is 19.3 Å². The molecule has 1 unspecified atom stereocenters. The van der Waals surface area contributed by atoms with E-state index >= 15 is 0 Å². The van der Waals surface area contributed by atoms with Crippen LogP contribution in [0, 0.1) is 23.4 Å². The monoisotopic (exact) mass is 272 g/mol. The Hall–Kier alpha value is -1.56. The summed E-state index contributed by atoms with van der Waals surface area (Å²) in [7, 11) is 0. The average Bonchev–Trinajstić information content (AvgIpc) is 2.86. The number of hydrogen-bond donors (Lipinski definition) is 2. The lowest BCUT2D eigenvalue weighted by Crippen LogP contribution is -2.15. The zero-order valence-corrected chi connectivity index (χ0v) is 10.3. The smallest absolute Gasteiger partial charge is 0.224 e. The van der Waals surface area contributed by atoms with Crippen LogP contribution in [-0.4, -0.2) is 19.0 Å². The van der Waals surface area contributed by atoms with Gasteiger partial charge in [0.05, 0.1) is 0 Å². The first kappa shape index (κ1) is 13.9. The van der Waals surface area contributed by atoms with Crippen molar-refractivity contribution in [1.82, 2.24) is 5.32 Å². The third kappa shape index (κ3) is 3.70. The molecule has 2 rings (SSSR count). The Kier molecular flexibility index (Phi) is 4.42. The second-order valence-electron chi connectivity index (χ2n) is 4.70. The summed E-state index contributed by atoms with van der Waals surface area (Å²) in [4.78, 5) is 11.6. The zero-order chi connectivity index (χ0) is 13.8. The lowest BCUT2D eigenvalue weighted by Gasteiger charge is -2.09. The second-order valence-corrected chi connectivity index (χ2v) is 4.70. The number of hydrogen-bond acceptors (Lipinski definition) is 2. The Balaban J connectivity index is 1.87. The molecule has 0 aromatic heterocycles. The fourth-order valence-corrected chi connectivity index (χ4v) is 2.15. The molecule has 1 aromatic carbocycles. The molecule has 1 heterocycles. The van der Waals surface area contributed by atoms with E-state index in [1.807, 2.05) is 0 Å². The number of halogens is 3. The molecule has 1 aliphatic heterocycles. The van der Waals surface area contributed by atoms with E-state index in [-0.39, 0.29) is 18.0 Å². The minimum atomic E-state index is -1.53. The highest BCUT2D eigenvalue weighted by molar-refractivity contribution is 5.90. The van der Waals surface area contributed by atoms with Crippen LogP contribution < -0.4 is 10.6 Å². The van der Waals surface area contributed by atoms with Gasteiger partial charge in [0.25, 0.3) is 0 Å². The van der Waals surface area contributed by atoms with Crippen LogP contribution in [0.2, 0.25) is 0 Å². The molecule has 1 fully saturated rings. The van der Waals surface area contributed by atoms with Crippen molar-refractivity contribution >= 4 is 11.6 Å². The van der Waals surface area contributed by atoms with Crippen LogP contribution in [-0.2, 0) is 4.79 Å². The lowest BCUT2D eigenvalue weighted by atomic mass is 10.0. The predicted molar refractivity (Wildman–Crippen MR) is 65.2 cm³/mol. The van der Waals surface area contributed by atoms with Gasteiger partial charge in [-0.15, -0.1) is 0 Å². The lowest BCUT2D eigenvalue weighted by molar-refractivity contribution is -0.116. The van der Waals surface area contributed by atoms with E-state index in [1.54, 1.807) is 0 Å². The van der Waals surface area contributed by atoms with Gasteiger partial charge in [0, 0.05) is 24.2 Å². The molecule has 0 radical (unpaired) electrons. The standard InChI is InChI=1S/C13H15F3N2O/c14-10-5-9(6-11(15)13(10)16)18-12(19)2-1-8-3-4-17-7-8/h5-6,8,17H,1-4,7H2,(H,18,19). The summed E-state index contributed by atoms with van der Waals surface area (Å²) in [6, 6.07) is 1.54. The van der Waals surface area contributed by atoms with Crippen molar-refractivity contribution in [2.24, 2.45) is 5.92 Å². The first-order valence-electron chi connectivity index (χ1n) is 6.21. The van der Waals surface area contributed by atoms with Gasteiger partial charge < -0.3 is 10.6 Å². The Bertz CT molecular complexity index is 450. The van der Waals surface area contributed by atoms with Gasteiger partial charge in [-0.2, -0.15) is 0 Å². The molecule has 1 saturated heterocycles. The van der Waals surface area contributed by atoms with Gasteiger partial charge >= 0.3 is 0 Å². The molecule has 1 aromatic rings. The van der Waals surface area contributed by atoms with Crippen molar-refractivity contribution < 1.29 is 18.0 Å². The minimum Gasteiger partial charge on any atom is -0.326 e. The van der Waals surface area contributed by atoms with Gasteiger partial charge in [-0.05, 0) is 31.8 Å². The molecule has 3 nitrogen and oxygen atoms in total. The predicted octanol–water partition coefficient (Wildman–Crippen LogP) is 2.43. The molecule has 6 heteroatoms. The molecular weight excluding hydrogens is 257 g/mol. The highest BCUT2D eigenvalue weighted by atomic mass is 19.2. The highest BCUT2D eigenvalue weighted by Crippen LogP contribution is 2.19. The molecule has 1 atom stereocenters. The first-order valence-corrected chi connectivity index (χ1v) is 6.21. The van der Waals surface area contributed by atoms with E-state index in [0.29, 0.717) is 5.92 Å². The quantitative estimate of drug-likeness (QED) is 0.827. The van der Waals surface area contributed by atoms with E-state index in [4.69, 9.17) is 0 Å². The van der Waals surface area contributed by atoms with Crippen LogP contribution in [0.25, 0.3) is 0 Å². The van der Waals surface area contributed by atoms with Crippen molar-refractivity contribution in [2.45, 2.75) is 19.3 Å². The maximum atomic E-state index is 12.9. The summed E-state index contributed by atoms with van der Waals surface area (Å²) in [5.74, 6) is -4.01. The summed E-state index contributed by atoms with van der Waals surface area (Å²) < 4.78 is 38.6.